The number of anilines is 1. The maximum absolute atomic E-state index is 12.5. The summed E-state index contributed by atoms with van der Waals surface area (Å²) in [5, 5.41) is 3.48. The largest absolute Gasteiger partial charge is 0.363 e. The van der Waals surface area contributed by atoms with Gasteiger partial charge in [-0.3, -0.25) is 14.4 Å². The van der Waals surface area contributed by atoms with Crippen LogP contribution in [0, 0.1) is 13.8 Å². The monoisotopic (exact) mass is 349 g/mol. The molecule has 0 radical (unpaired) electrons. The zero-order valence-corrected chi connectivity index (χ0v) is 14.6. The third-order valence-corrected chi connectivity index (χ3v) is 4.24. The Hall–Kier alpha value is -3.41. The van der Waals surface area contributed by atoms with Gasteiger partial charge >= 0.3 is 0 Å². The Labute approximate surface area is 150 Å². The topological polar surface area (TPSA) is 94.2 Å². The van der Waals surface area contributed by atoms with Crippen LogP contribution in [0.25, 0.3) is 10.9 Å². The summed E-state index contributed by atoms with van der Waals surface area (Å²) in [7, 11) is 0. The van der Waals surface area contributed by atoms with Gasteiger partial charge in [-0.25, -0.2) is 0 Å². The van der Waals surface area contributed by atoms with E-state index < -0.39 is 11.7 Å². The zero-order chi connectivity index (χ0) is 18.8. The highest BCUT2D eigenvalue weighted by Gasteiger charge is 2.20. The highest BCUT2D eigenvalue weighted by atomic mass is 16.2. The maximum atomic E-state index is 12.5. The first kappa shape index (κ1) is 17.4. The van der Waals surface area contributed by atoms with Gasteiger partial charge in [-0.05, 0) is 37.1 Å². The van der Waals surface area contributed by atoms with E-state index in [0.29, 0.717) is 10.9 Å². The van der Waals surface area contributed by atoms with E-state index in [-0.39, 0.29) is 18.0 Å². The second-order valence-electron chi connectivity index (χ2n) is 6.25. The quantitative estimate of drug-likeness (QED) is 0.547. The van der Waals surface area contributed by atoms with Crippen molar-refractivity contribution in [2.75, 3.05) is 5.32 Å². The first-order chi connectivity index (χ1) is 12.4. The van der Waals surface area contributed by atoms with Crippen molar-refractivity contribution in [1.29, 1.82) is 0 Å². The number of fused-ring (bicyclic) bond motifs is 1. The fraction of sp³-hybridized carbons (Fsp3) is 0.150. The molecule has 6 nitrogen and oxygen atoms in total. The minimum atomic E-state index is -1.02. The smallest absolute Gasteiger partial charge is 0.289 e. The van der Waals surface area contributed by atoms with Gasteiger partial charge in [0.1, 0.15) is 6.54 Å². The Bertz CT molecular complexity index is 1030. The standard InChI is InChI=1S/C20H19N3O3/c1-12-7-8-13(2)16(9-12)22-18(24)11-23-10-15(19(25)20(21)26)14-5-3-4-6-17(14)23/h3-10H,11H2,1-2H3,(H2,21,26)(H,22,24). The van der Waals surface area contributed by atoms with E-state index in [2.05, 4.69) is 5.32 Å². The minimum absolute atomic E-state index is 0.0138. The number of primary amides is 1. The first-order valence-corrected chi connectivity index (χ1v) is 8.16. The lowest BCUT2D eigenvalue weighted by Crippen LogP contribution is -2.23. The highest BCUT2D eigenvalue weighted by molar-refractivity contribution is 6.44. The van der Waals surface area contributed by atoms with Crippen molar-refractivity contribution in [3.8, 4) is 0 Å². The fourth-order valence-electron chi connectivity index (χ4n) is 2.91. The van der Waals surface area contributed by atoms with Crippen molar-refractivity contribution < 1.29 is 14.4 Å². The molecule has 0 spiro atoms. The molecule has 0 aliphatic heterocycles. The Kier molecular flexibility index (Phi) is 4.58. The molecule has 0 saturated heterocycles. The molecule has 0 atom stereocenters. The van der Waals surface area contributed by atoms with Gasteiger partial charge < -0.3 is 15.6 Å². The molecule has 132 valence electrons. The molecule has 26 heavy (non-hydrogen) atoms. The van der Waals surface area contributed by atoms with E-state index >= 15 is 0 Å². The highest BCUT2D eigenvalue weighted by Crippen LogP contribution is 2.22. The van der Waals surface area contributed by atoms with Crippen molar-refractivity contribution >= 4 is 34.2 Å². The SMILES string of the molecule is Cc1ccc(C)c(NC(=O)Cn2cc(C(=O)C(N)=O)c3ccccc32)c1. The maximum Gasteiger partial charge on any atom is 0.289 e. The molecule has 0 bridgehead atoms. The average molecular weight is 349 g/mol. The van der Waals surface area contributed by atoms with Crippen LogP contribution in [-0.4, -0.2) is 22.2 Å². The molecule has 3 aromatic rings. The van der Waals surface area contributed by atoms with Crippen LogP contribution < -0.4 is 11.1 Å². The molecule has 6 heteroatoms. The lowest BCUT2D eigenvalue weighted by Gasteiger charge is -2.10. The number of ketones is 1. The molecule has 0 fully saturated rings. The van der Waals surface area contributed by atoms with Crippen molar-refractivity contribution in [2.24, 2.45) is 5.73 Å². The Morgan fingerprint density at radius 3 is 2.54 bits per heavy atom. The summed E-state index contributed by atoms with van der Waals surface area (Å²) in [4.78, 5) is 35.8. The number of carbonyl (C=O) groups excluding carboxylic acids is 3. The van der Waals surface area contributed by atoms with E-state index in [1.807, 2.05) is 32.0 Å². The van der Waals surface area contributed by atoms with Crippen LogP contribution in [0.15, 0.2) is 48.7 Å². The molecular weight excluding hydrogens is 330 g/mol. The number of aromatic nitrogens is 1. The molecule has 0 aliphatic carbocycles. The molecule has 3 rings (SSSR count). The Balaban J connectivity index is 1.91. The molecule has 0 saturated carbocycles. The summed E-state index contributed by atoms with van der Waals surface area (Å²) in [5.41, 5.74) is 8.78. The fourth-order valence-corrected chi connectivity index (χ4v) is 2.91. The molecule has 1 heterocycles. The number of aryl methyl sites for hydroxylation is 2. The third kappa shape index (κ3) is 3.35. The number of hydrogen-bond donors (Lipinski definition) is 2. The van der Waals surface area contributed by atoms with E-state index in [1.165, 1.54) is 6.20 Å². The van der Waals surface area contributed by atoms with Gasteiger partial charge in [0.2, 0.25) is 5.91 Å². The van der Waals surface area contributed by atoms with Crippen molar-refractivity contribution in [2.45, 2.75) is 20.4 Å². The van der Waals surface area contributed by atoms with E-state index in [4.69, 9.17) is 5.73 Å². The number of benzene rings is 2. The number of Topliss-reactive ketones (excluding diaryl/α,β-unsaturated/α-hetero) is 1. The third-order valence-electron chi connectivity index (χ3n) is 4.24. The lowest BCUT2D eigenvalue weighted by molar-refractivity contribution is -0.116. The molecule has 2 aromatic carbocycles. The van der Waals surface area contributed by atoms with Gasteiger partial charge in [0.25, 0.3) is 11.7 Å². The average Bonchev–Trinajstić information content (AvgIpc) is 2.96. The van der Waals surface area contributed by atoms with Crippen molar-refractivity contribution in [3.05, 3.63) is 65.4 Å². The summed E-state index contributed by atoms with van der Waals surface area (Å²) in [6.45, 7) is 3.89. The molecule has 0 aliphatic rings. The predicted octanol–water partition coefficient (Wildman–Crippen LogP) is 2.56. The van der Waals surface area contributed by atoms with Crippen LogP contribution in [0.1, 0.15) is 21.5 Å². The Morgan fingerprint density at radius 1 is 1.08 bits per heavy atom. The summed E-state index contributed by atoms with van der Waals surface area (Å²) in [6, 6.07) is 12.9. The van der Waals surface area contributed by atoms with E-state index in [1.54, 1.807) is 28.8 Å². The predicted molar refractivity (Wildman–Crippen MR) is 100 cm³/mol. The summed E-state index contributed by atoms with van der Waals surface area (Å²) in [6.07, 6.45) is 1.50. The number of nitrogens with zero attached hydrogens (tertiary/aromatic N) is 1. The van der Waals surface area contributed by atoms with E-state index in [0.717, 1.165) is 16.8 Å². The van der Waals surface area contributed by atoms with Gasteiger partial charge in [-0.2, -0.15) is 0 Å². The Morgan fingerprint density at radius 2 is 1.81 bits per heavy atom. The van der Waals surface area contributed by atoms with Gasteiger partial charge in [0.05, 0.1) is 5.56 Å². The second-order valence-corrected chi connectivity index (χ2v) is 6.25. The summed E-state index contributed by atoms with van der Waals surface area (Å²) >= 11 is 0. The van der Waals surface area contributed by atoms with Gasteiger partial charge in [-0.15, -0.1) is 0 Å². The normalized spacial score (nSPS) is 10.7. The molecule has 3 N–H and O–H groups in total. The van der Waals surface area contributed by atoms with Crippen LogP contribution in [0.3, 0.4) is 0 Å². The lowest BCUT2D eigenvalue weighted by atomic mass is 10.1. The van der Waals surface area contributed by atoms with Crippen molar-refractivity contribution in [1.82, 2.24) is 4.57 Å². The van der Waals surface area contributed by atoms with Crippen LogP contribution in [-0.2, 0) is 16.1 Å². The minimum Gasteiger partial charge on any atom is -0.363 e. The van der Waals surface area contributed by atoms with Crippen LogP contribution in [0.4, 0.5) is 5.69 Å². The van der Waals surface area contributed by atoms with Crippen molar-refractivity contribution in [3.63, 3.8) is 0 Å². The van der Waals surface area contributed by atoms with Crippen LogP contribution >= 0.6 is 0 Å². The van der Waals surface area contributed by atoms with Gasteiger partial charge in [0, 0.05) is 22.8 Å². The second kappa shape index (κ2) is 6.84. The molecule has 0 unspecified atom stereocenters. The summed E-state index contributed by atoms with van der Waals surface area (Å²) in [5.74, 6) is -2.01. The first-order valence-electron chi connectivity index (χ1n) is 8.16. The molecule has 2 amide bonds. The summed E-state index contributed by atoms with van der Waals surface area (Å²) < 4.78 is 1.64. The van der Waals surface area contributed by atoms with Crippen LogP contribution in [0.2, 0.25) is 0 Å². The molecule has 1 aromatic heterocycles. The number of para-hydroxylation sites is 1. The number of amides is 2. The number of rotatable bonds is 5. The van der Waals surface area contributed by atoms with Crippen LogP contribution in [0.5, 0.6) is 0 Å². The number of nitrogens with one attached hydrogen (secondary N) is 1. The zero-order valence-electron chi connectivity index (χ0n) is 14.6. The molecular formula is C20H19N3O3. The number of carbonyl (C=O) groups is 3. The number of hydrogen-bond acceptors (Lipinski definition) is 3. The number of nitrogens with two attached hydrogens (primary N) is 1. The van der Waals surface area contributed by atoms with Gasteiger partial charge in [-0.1, -0.05) is 30.3 Å². The van der Waals surface area contributed by atoms with E-state index in [9.17, 15) is 14.4 Å². The van der Waals surface area contributed by atoms with Gasteiger partial charge in [0.15, 0.2) is 0 Å².